The first kappa shape index (κ1) is 23.1. The molecule has 7 heteroatoms. The lowest BCUT2D eigenvalue weighted by atomic mass is 9.83. The number of halogens is 1. The second-order valence-electron chi connectivity index (χ2n) is 7.79. The fourth-order valence-corrected chi connectivity index (χ4v) is 3.71. The number of methoxy groups -OCH3 is 1. The van der Waals surface area contributed by atoms with Gasteiger partial charge in [-0.2, -0.15) is 0 Å². The van der Waals surface area contributed by atoms with Crippen LogP contribution in [-0.4, -0.2) is 51.8 Å². The van der Waals surface area contributed by atoms with Crippen molar-refractivity contribution < 1.29 is 13.9 Å². The van der Waals surface area contributed by atoms with E-state index >= 15 is 0 Å². The number of ether oxygens (including phenoxy) is 1. The minimum Gasteiger partial charge on any atom is -0.385 e. The van der Waals surface area contributed by atoms with Gasteiger partial charge in [-0.1, -0.05) is 18.9 Å². The van der Waals surface area contributed by atoms with Gasteiger partial charge in [-0.05, 0) is 56.2 Å². The summed E-state index contributed by atoms with van der Waals surface area (Å²) in [7, 11) is 1.75. The number of benzene rings is 1. The van der Waals surface area contributed by atoms with Crippen LogP contribution in [0.25, 0.3) is 0 Å². The molecular weight excluding hydrogens is 371 g/mol. The minimum atomic E-state index is -0.369. The van der Waals surface area contributed by atoms with Crippen LogP contribution in [0.3, 0.4) is 0 Å². The number of amides is 1. The van der Waals surface area contributed by atoms with Gasteiger partial charge < -0.3 is 20.7 Å². The number of nitrogens with zero attached hydrogens (tertiary/aromatic N) is 1. The summed E-state index contributed by atoms with van der Waals surface area (Å²) in [6, 6.07) is 4.51. The third-order valence-corrected chi connectivity index (χ3v) is 5.55. The van der Waals surface area contributed by atoms with E-state index in [1.165, 1.54) is 31.7 Å². The maximum absolute atomic E-state index is 13.6. The van der Waals surface area contributed by atoms with E-state index < -0.39 is 0 Å². The molecule has 2 rings (SSSR count). The van der Waals surface area contributed by atoms with Gasteiger partial charge in [0.1, 0.15) is 5.82 Å². The van der Waals surface area contributed by atoms with E-state index in [4.69, 9.17) is 9.73 Å². The van der Waals surface area contributed by atoms with Crippen LogP contribution >= 0.6 is 0 Å². The van der Waals surface area contributed by atoms with Crippen molar-refractivity contribution in [3.05, 3.63) is 35.1 Å². The topological polar surface area (TPSA) is 74.8 Å². The summed E-state index contributed by atoms with van der Waals surface area (Å²) in [5.74, 6) is 0.107. The molecule has 162 valence electrons. The van der Waals surface area contributed by atoms with Gasteiger partial charge in [-0.3, -0.25) is 9.79 Å². The molecule has 1 fully saturated rings. The molecule has 1 aliphatic rings. The van der Waals surface area contributed by atoms with Crippen LogP contribution in [0.15, 0.2) is 23.2 Å². The molecule has 0 radical (unpaired) electrons. The Morgan fingerprint density at radius 1 is 1.21 bits per heavy atom. The van der Waals surface area contributed by atoms with Gasteiger partial charge in [-0.25, -0.2) is 4.39 Å². The predicted octanol–water partition coefficient (Wildman–Crippen LogP) is 3.02. The van der Waals surface area contributed by atoms with Crippen LogP contribution in [0.1, 0.15) is 54.9 Å². The zero-order chi connectivity index (χ0) is 21.1. The SMILES string of the molecule is CCNC(=NCC1(CCOC)CCCC1)NCCNC(=O)c1ccc(C)c(F)c1. The smallest absolute Gasteiger partial charge is 0.251 e. The van der Waals surface area contributed by atoms with Crippen molar-refractivity contribution in [3.8, 4) is 0 Å². The highest BCUT2D eigenvalue weighted by molar-refractivity contribution is 5.94. The molecule has 0 bridgehead atoms. The molecule has 0 heterocycles. The van der Waals surface area contributed by atoms with Crippen LogP contribution in [-0.2, 0) is 4.74 Å². The van der Waals surface area contributed by atoms with E-state index in [9.17, 15) is 9.18 Å². The molecule has 0 spiro atoms. The summed E-state index contributed by atoms with van der Waals surface area (Å²) < 4.78 is 18.9. The largest absolute Gasteiger partial charge is 0.385 e. The van der Waals surface area contributed by atoms with Crippen LogP contribution in [0.5, 0.6) is 0 Å². The van der Waals surface area contributed by atoms with Gasteiger partial charge in [0.05, 0.1) is 0 Å². The van der Waals surface area contributed by atoms with Gasteiger partial charge in [-0.15, -0.1) is 0 Å². The number of aryl methyl sites for hydroxylation is 1. The van der Waals surface area contributed by atoms with E-state index in [0.29, 0.717) is 24.2 Å². The standard InChI is InChI=1S/C22H35FN4O2/c1-4-24-21(27-16-22(11-14-29-3)9-5-6-10-22)26-13-12-25-20(28)18-8-7-17(2)19(23)15-18/h7-8,15H,4-6,9-14,16H2,1-3H3,(H,25,28)(H2,24,26,27). The Morgan fingerprint density at radius 2 is 1.93 bits per heavy atom. The number of nitrogens with one attached hydrogen (secondary N) is 3. The van der Waals surface area contributed by atoms with Crippen molar-refractivity contribution in [2.75, 3.05) is 39.9 Å². The molecule has 29 heavy (non-hydrogen) atoms. The lowest BCUT2D eigenvalue weighted by Crippen LogP contribution is -2.42. The molecule has 0 saturated heterocycles. The summed E-state index contributed by atoms with van der Waals surface area (Å²) >= 11 is 0. The monoisotopic (exact) mass is 406 g/mol. The first-order valence-electron chi connectivity index (χ1n) is 10.5. The Morgan fingerprint density at radius 3 is 2.59 bits per heavy atom. The van der Waals surface area contributed by atoms with Gasteiger partial charge in [0.2, 0.25) is 0 Å². The number of hydrogen-bond donors (Lipinski definition) is 3. The van der Waals surface area contributed by atoms with Crippen LogP contribution in [0, 0.1) is 18.2 Å². The zero-order valence-corrected chi connectivity index (χ0v) is 17.9. The van der Waals surface area contributed by atoms with Crippen LogP contribution in [0.4, 0.5) is 4.39 Å². The fourth-order valence-electron chi connectivity index (χ4n) is 3.71. The highest BCUT2D eigenvalue weighted by atomic mass is 19.1. The Bertz CT molecular complexity index is 687. The number of carbonyl (C=O) groups is 1. The maximum Gasteiger partial charge on any atom is 0.251 e. The molecule has 0 aliphatic heterocycles. The van der Waals surface area contributed by atoms with E-state index in [0.717, 1.165) is 32.1 Å². The lowest BCUT2D eigenvalue weighted by molar-refractivity contribution is 0.0954. The molecule has 3 N–H and O–H groups in total. The van der Waals surface area contributed by atoms with E-state index in [-0.39, 0.29) is 17.1 Å². The average Bonchev–Trinajstić information content (AvgIpc) is 3.18. The second kappa shape index (κ2) is 11.8. The van der Waals surface area contributed by atoms with Gasteiger partial charge in [0.25, 0.3) is 5.91 Å². The molecule has 1 aliphatic carbocycles. The summed E-state index contributed by atoms with van der Waals surface area (Å²) in [4.78, 5) is 17.0. The number of rotatable bonds is 10. The molecule has 1 amide bonds. The van der Waals surface area contributed by atoms with Crippen molar-refractivity contribution in [3.63, 3.8) is 0 Å². The molecule has 1 saturated carbocycles. The van der Waals surface area contributed by atoms with Crippen molar-refractivity contribution in [2.24, 2.45) is 10.4 Å². The zero-order valence-electron chi connectivity index (χ0n) is 17.9. The lowest BCUT2D eigenvalue weighted by Gasteiger charge is -2.27. The Hall–Kier alpha value is -2.15. The highest BCUT2D eigenvalue weighted by Gasteiger charge is 2.33. The molecule has 0 unspecified atom stereocenters. The third-order valence-electron chi connectivity index (χ3n) is 5.55. The Kier molecular flexibility index (Phi) is 9.38. The summed E-state index contributed by atoms with van der Waals surface area (Å²) in [6.45, 7) is 6.98. The average molecular weight is 407 g/mol. The first-order chi connectivity index (χ1) is 14.0. The second-order valence-corrected chi connectivity index (χ2v) is 7.79. The first-order valence-corrected chi connectivity index (χ1v) is 10.5. The normalized spacial score (nSPS) is 15.9. The predicted molar refractivity (Wildman–Crippen MR) is 115 cm³/mol. The Balaban J connectivity index is 1.82. The number of aliphatic imine (C=N–C) groups is 1. The molecule has 6 nitrogen and oxygen atoms in total. The van der Waals surface area contributed by atoms with Gasteiger partial charge in [0.15, 0.2) is 5.96 Å². The number of carbonyl (C=O) groups excluding carboxylic acids is 1. The van der Waals surface area contributed by atoms with E-state index in [1.54, 1.807) is 26.2 Å². The quantitative estimate of drug-likeness (QED) is 0.317. The molecule has 0 aromatic heterocycles. The van der Waals surface area contributed by atoms with Crippen molar-refractivity contribution in [2.45, 2.75) is 46.0 Å². The number of hydrogen-bond acceptors (Lipinski definition) is 3. The van der Waals surface area contributed by atoms with Gasteiger partial charge >= 0.3 is 0 Å². The fraction of sp³-hybridized carbons (Fsp3) is 0.636. The van der Waals surface area contributed by atoms with Gasteiger partial charge in [0, 0.05) is 45.5 Å². The van der Waals surface area contributed by atoms with Crippen molar-refractivity contribution in [1.82, 2.24) is 16.0 Å². The van der Waals surface area contributed by atoms with Crippen molar-refractivity contribution >= 4 is 11.9 Å². The number of guanidine groups is 1. The summed E-state index contributed by atoms with van der Waals surface area (Å²) in [5, 5.41) is 9.33. The van der Waals surface area contributed by atoms with Crippen LogP contribution < -0.4 is 16.0 Å². The third kappa shape index (κ3) is 7.31. The highest BCUT2D eigenvalue weighted by Crippen LogP contribution is 2.41. The van der Waals surface area contributed by atoms with E-state index in [1.807, 2.05) is 6.92 Å². The van der Waals surface area contributed by atoms with E-state index in [2.05, 4.69) is 16.0 Å². The molecule has 0 atom stereocenters. The summed E-state index contributed by atoms with van der Waals surface area (Å²) in [5.41, 5.74) is 1.09. The molecule has 1 aromatic rings. The van der Waals surface area contributed by atoms with Crippen LogP contribution in [0.2, 0.25) is 0 Å². The summed E-state index contributed by atoms with van der Waals surface area (Å²) in [6.07, 6.45) is 5.95. The maximum atomic E-state index is 13.6. The Labute approximate surface area is 173 Å². The minimum absolute atomic E-state index is 0.238. The van der Waals surface area contributed by atoms with Crippen molar-refractivity contribution in [1.29, 1.82) is 0 Å². The molecule has 1 aromatic carbocycles. The molecular formula is C22H35FN4O2.